The Labute approximate surface area is 171 Å². The molecule has 0 unspecified atom stereocenters. The molecule has 5 nitrogen and oxygen atoms in total. The molecule has 1 saturated heterocycles. The second-order valence-corrected chi connectivity index (χ2v) is 8.75. The molecule has 0 aliphatic carbocycles. The van der Waals surface area contributed by atoms with Crippen LogP contribution in [0.3, 0.4) is 0 Å². The molecule has 0 bridgehead atoms. The minimum absolute atomic E-state index is 0.161. The lowest BCUT2D eigenvalue weighted by Gasteiger charge is -2.32. The first-order valence-corrected chi connectivity index (χ1v) is 10.9. The van der Waals surface area contributed by atoms with Crippen molar-refractivity contribution >= 4 is 33.9 Å². The molecule has 0 spiro atoms. The highest BCUT2D eigenvalue weighted by Crippen LogP contribution is 2.29. The number of nitrogens with zero attached hydrogens (tertiary/aromatic N) is 3. The summed E-state index contributed by atoms with van der Waals surface area (Å²) in [4.78, 5) is 2.43. The van der Waals surface area contributed by atoms with E-state index in [9.17, 15) is 4.39 Å². The van der Waals surface area contributed by atoms with Crippen LogP contribution in [0.5, 0.6) is 0 Å². The predicted octanol–water partition coefficient (Wildman–Crippen LogP) is 4.41. The monoisotopic (exact) mass is 416 g/mol. The quantitative estimate of drug-likeness (QED) is 0.576. The molecule has 0 amide bonds. The van der Waals surface area contributed by atoms with Gasteiger partial charge in [0.2, 0.25) is 5.13 Å². The largest absolute Gasteiger partial charge is 0.375 e. The van der Waals surface area contributed by atoms with Gasteiger partial charge in [0.05, 0.1) is 18.4 Å². The van der Waals surface area contributed by atoms with Crippen LogP contribution in [0.4, 0.5) is 15.2 Å². The van der Waals surface area contributed by atoms with Crippen LogP contribution in [0.25, 0.3) is 0 Å². The second-order valence-electron chi connectivity index (χ2n) is 6.50. The highest BCUT2D eigenvalue weighted by atomic mass is 32.2. The molecule has 1 atom stereocenters. The molecule has 0 saturated carbocycles. The van der Waals surface area contributed by atoms with Crippen LogP contribution in [0, 0.1) is 5.82 Å². The number of anilines is 2. The molecule has 1 aromatic heterocycles. The molecule has 8 heteroatoms. The van der Waals surface area contributed by atoms with Crippen LogP contribution in [0.2, 0.25) is 0 Å². The summed E-state index contributed by atoms with van der Waals surface area (Å²) < 4.78 is 20.5. The van der Waals surface area contributed by atoms with Gasteiger partial charge in [0.15, 0.2) is 4.34 Å². The number of para-hydroxylation sites is 1. The summed E-state index contributed by atoms with van der Waals surface area (Å²) in [7, 11) is 0. The zero-order valence-electron chi connectivity index (χ0n) is 15.3. The van der Waals surface area contributed by atoms with E-state index in [1.807, 2.05) is 6.07 Å². The first-order chi connectivity index (χ1) is 13.8. The zero-order chi connectivity index (χ0) is 19.2. The average Bonchev–Trinajstić information content (AvgIpc) is 3.17. The molecule has 1 aliphatic rings. The molecule has 0 radical (unpaired) electrons. The third-order valence-corrected chi connectivity index (χ3v) is 6.49. The Morgan fingerprint density at radius 2 is 1.96 bits per heavy atom. The Morgan fingerprint density at radius 3 is 2.82 bits per heavy atom. The normalized spacial score (nSPS) is 17.5. The number of halogens is 1. The molecule has 1 fully saturated rings. The maximum atomic E-state index is 13.7. The maximum Gasteiger partial charge on any atom is 0.210 e. The molecule has 28 heavy (non-hydrogen) atoms. The number of ether oxygens (including phenoxy) is 1. The van der Waals surface area contributed by atoms with Crippen molar-refractivity contribution in [3.05, 3.63) is 66.0 Å². The Morgan fingerprint density at radius 1 is 1.14 bits per heavy atom. The van der Waals surface area contributed by atoms with Crippen LogP contribution < -0.4 is 5.32 Å². The number of nitrogens with one attached hydrogen (secondary N) is 1. The average molecular weight is 417 g/mol. The molecule has 2 heterocycles. The number of rotatable bonds is 7. The van der Waals surface area contributed by atoms with E-state index in [1.165, 1.54) is 23.0 Å². The number of benzene rings is 2. The van der Waals surface area contributed by atoms with Crippen molar-refractivity contribution in [1.29, 1.82) is 0 Å². The second kappa shape index (κ2) is 9.47. The summed E-state index contributed by atoms with van der Waals surface area (Å²) in [6.07, 6.45) is 0.161. The minimum Gasteiger partial charge on any atom is -0.375 e. The lowest BCUT2D eigenvalue weighted by atomic mass is 10.2. The third kappa shape index (κ3) is 5.29. The van der Waals surface area contributed by atoms with Gasteiger partial charge in [-0.3, -0.25) is 4.90 Å². The molecule has 3 aromatic rings. The number of aromatic nitrogens is 2. The van der Waals surface area contributed by atoms with E-state index < -0.39 is 0 Å². The van der Waals surface area contributed by atoms with E-state index in [4.69, 9.17) is 4.74 Å². The molecular formula is C20H21FN4OS2. The Balaban J connectivity index is 1.27. The summed E-state index contributed by atoms with van der Waals surface area (Å²) in [6, 6.07) is 17.0. The van der Waals surface area contributed by atoms with Crippen LogP contribution in [-0.4, -0.2) is 46.7 Å². The summed E-state index contributed by atoms with van der Waals surface area (Å²) in [5.41, 5.74) is 1.73. The van der Waals surface area contributed by atoms with E-state index in [1.54, 1.807) is 30.0 Å². The summed E-state index contributed by atoms with van der Waals surface area (Å²) >= 11 is 3.05. The van der Waals surface area contributed by atoms with E-state index in [-0.39, 0.29) is 11.9 Å². The molecule has 2 aromatic carbocycles. The summed E-state index contributed by atoms with van der Waals surface area (Å²) in [5.74, 6) is 0.514. The van der Waals surface area contributed by atoms with Gasteiger partial charge in [-0.25, -0.2) is 4.39 Å². The summed E-state index contributed by atoms with van der Waals surface area (Å²) in [5, 5.41) is 11.9. The fourth-order valence-electron chi connectivity index (χ4n) is 3.03. The highest BCUT2D eigenvalue weighted by molar-refractivity contribution is 8.01. The van der Waals surface area contributed by atoms with Gasteiger partial charge in [-0.05, 0) is 17.7 Å². The van der Waals surface area contributed by atoms with E-state index >= 15 is 0 Å². The van der Waals surface area contributed by atoms with Gasteiger partial charge in [0.1, 0.15) is 5.82 Å². The topological polar surface area (TPSA) is 50.3 Å². The van der Waals surface area contributed by atoms with Gasteiger partial charge >= 0.3 is 0 Å². The fourth-order valence-corrected chi connectivity index (χ4v) is 4.82. The zero-order valence-corrected chi connectivity index (χ0v) is 16.9. The smallest absolute Gasteiger partial charge is 0.210 e. The first kappa shape index (κ1) is 19.3. The van der Waals surface area contributed by atoms with Gasteiger partial charge in [-0.15, -0.1) is 10.2 Å². The molecule has 146 valence electrons. The van der Waals surface area contributed by atoms with Gasteiger partial charge in [0.25, 0.3) is 0 Å². The van der Waals surface area contributed by atoms with Crippen LogP contribution in [0.15, 0.2) is 58.9 Å². The molecule has 4 rings (SSSR count). The van der Waals surface area contributed by atoms with Gasteiger partial charge in [-0.1, -0.05) is 65.6 Å². The van der Waals surface area contributed by atoms with Crippen LogP contribution in [0.1, 0.15) is 5.56 Å². The highest BCUT2D eigenvalue weighted by Gasteiger charge is 2.21. The Bertz CT molecular complexity index is 893. The lowest BCUT2D eigenvalue weighted by molar-refractivity contribution is -0.0187. The minimum atomic E-state index is -0.305. The van der Waals surface area contributed by atoms with E-state index in [0.29, 0.717) is 10.8 Å². The number of hydrogen-bond donors (Lipinski definition) is 1. The van der Waals surface area contributed by atoms with Crippen LogP contribution in [-0.2, 0) is 11.3 Å². The van der Waals surface area contributed by atoms with Crippen molar-refractivity contribution in [3.8, 4) is 0 Å². The van der Waals surface area contributed by atoms with Gasteiger partial charge in [-0.2, -0.15) is 0 Å². The van der Waals surface area contributed by atoms with Gasteiger partial charge in [0, 0.05) is 25.4 Å². The number of morpholine rings is 1. The van der Waals surface area contributed by atoms with E-state index in [0.717, 1.165) is 36.3 Å². The Hall–Kier alpha value is -2.00. The molecule has 1 aliphatic heterocycles. The standard InChI is InChI=1S/C20H21FN4OS2/c21-17-8-4-5-9-18(17)22-19-23-24-20(28-19)27-14-16-13-25(10-11-26-16)12-15-6-2-1-3-7-15/h1-9,16H,10-14H2,(H,22,23)/t16-/m0/s1. The van der Waals surface area contributed by atoms with Gasteiger partial charge < -0.3 is 10.1 Å². The van der Waals surface area contributed by atoms with Crippen molar-refractivity contribution in [3.63, 3.8) is 0 Å². The predicted molar refractivity (Wildman–Crippen MR) is 112 cm³/mol. The fraction of sp³-hybridized carbons (Fsp3) is 0.300. The Kier molecular flexibility index (Phi) is 6.53. The number of thioether (sulfide) groups is 1. The first-order valence-electron chi connectivity index (χ1n) is 9.12. The molecular weight excluding hydrogens is 395 g/mol. The van der Waals surface area contributed by atoms with Crippen molar-refractivity contribution in [2.75, 3.05) is 30.8 Å². The third-order valence-electron chi connectivity index (χ3n) is 4.39. The van der Waals surface area contributed by atoms with Crippen molar-refractivity contribution < 1.29 is 9.13 Å². The molecule has 1 N–H and O–H groups in total. The lowest BCUT2D eigenvalue weighted by Crippen LogP contribution is -2.43. The number of hydrogen-bond acceptors (Lipinski definition) is 7. The summed E-state index contributed by atoms with van der Waals surface area (Å²) in [6.45, 7) is 3.54. The van der Waals surface area contributed by atoms with E-state index in [2.05, 4.69) is 44.7 Å². The van der Waals surface area contributed by atoms with Crippen molar-refractivity contribution in [2.45, 2.75) is 17.0 Å². The van der Waals surface area contributed by atoms with Crippen molar-refractivity contribution in [2.24, 2.45) is 0 Å². The maximum absolute atomic E-state index is 13.7. The van der Waals surface area contributed by atoms with Crippen molar-refractivity contribution in [1.82, 2.24) is 15.1 Å². The SMILES string of the molecule is Fc1ccccc1Nc1nnc(SC[C@@H]2CN(Cc3ccccc3)CCO2)s1. The van der Waals surface area contributed by atoms with Crippen LogP contribution >= 0.6 is 23.1 Å².